The lowest BCUT2D eigenvalue weighted by molar-refractivity contribution is -0.148. The molecule has 0 aliphatic rings. The predicted molar refractivity (Wildman–Crippen MR) is 47.7 cm³/mol. The van der Waals surface area contributed by atoms with E-state index in [9.17, 15) is 27.2 Å². The first kappa shape index (κ1) is 13.1. The van der Waals surface area contributed by atoms with E-state index in [2.05, 4.69) is 0 Å². The van der Waals surface area contributed by atoms with Crippen LogP contribution in [0.5, 0.6) is 0 Å². The molecule has 0 saturated carbocycles. The van der Waals surface area contributed by atoms with Gasteiger partial charge in [0.05, 0.1) is 5.56 Å². The minimum absolute atomic E-state index is 0.427. The van der Waals surface area contributed by atoms with Crippen molar-refractivity contribution in [2.45, 2.75) is 12.6 Å². The highest BCUT2D eigenvalue weighted by Crippen LogP contribution is 2.30. The molecule has 92 valence electrons. The van der Waals surface area contributed by atoms with Crippen LogP contribution in [0, 0.1) is 5.82 Å². The van der Waals surface area contributed by atoms with E-state index in [1.165, 1.54) is 0 Å². The molecule has 0 atom stereocenters. The van der Waals surface area contributed by atoms with E-state index in [4.69, 9.17) is 5.11 Å². The molecule has 0 fully saturated rings. The number of aliphatic carboxylic acids is 1. The molecule has 1 aromatic rings. The summed E-state index contributed by atoms with van der Waals surface area (Å²) < 4.78 is 49.9. The first-order valence-electron chi connectivity index (χ1n) is 4.33. The van der Waals surface area contributed by atoms with Crippen LogP contribution >= 0.6 is 0 Å². The number of carboxylic acids is 1. The van der Waals surface area contributed by atoms with Gasteiger partial charge in [0.2, 0.25) is 5.78 Å². The van der Waals surface area contributed by atoms with Crippen molar-refractivity contribution in [1.82, 2.24) is 0 Å². The van der Waals surface area contributed by atoms with Crippen LogP contribution in [0.25, 0.3) is 0 Å². The molecule has 0 unspecified atom stereocenters. The first-order valence-corrected chi connectivity index (χ1v) is 4.33. The number of carbonyl (C=O) groups is 2. The summed E-state index contributed by atoms with van der Waals surface area (Å²) in [4.78, 5) is 21.0. The monoisotopic (exact) mass is 250 g/mol. The maximum Gasteiger partial charge on any atom is 0.416 e. The Hall–Kier alpha value is -1.92. The molecule has 0 saturated heterocycles. The predicted octanol–water partition coefficient (Wildman–Crippen LogP) is 2.04. The van der Waals surface area contributed by atoms with Crippen molar-refractivity contribution >= 4 is 11.8 Å². The van der Waals surface area contributed by atoms with Crippen LogP contribution in [0.4, 0.5) is 17.6 Å². The third-order valence-corrected chi connectivity index (χ3v) is 1.96. The maximum atomic E-state index is 13.1. The van der Waals surface area contributed by atoms with E-state index in [1.54, 1.807) is 0 Å². The molecule has 0 aliphatic carbocycles. The first-order chi connectivity index (χ1) is 7.71. The molecule has 0 aliphatic heterocycles. The van der Waals surface area contributed by atoms with Gasteiger partial charge in [-0.3, -0.25) is 4.79 Å². The van der Waals surface area contributed by atoms with Gasteiger partial charge in [0.15, 0.2) is 0 Å². The molecule has 0 heterocycles. The fourth-order valence-corrected chi connectivity index (χ4v) is 1.14. The minimum Gasteiger partial charge on any atom is -0.475 e. The molecular formula is C10H6F4O3. The van der Waals surface area contributed by atoms with Gasteiger partial charge in [-0.1, -0.05) is 0 Å². The Morgan fingerprint density at radius 1 is 1.24 bits per heavy atom. The fourth-order valence-electron chi connectivity index (χ4n) is 1.14. The molecule has 0 amide bonds. The lowest BCUT2D eigenvalue weighted by Gasteiger charge is -2.08. The van der Waals surface area contributed by atoms with Crippen LogP contribution in [-0.4, -0.2) is 16.9 Å². The molecule has 3 nitrogen and oxygen atoms in total. The number of hydrogen-bond donors (Lipinski definition) is 1. The highest BCUT2D eigenvalue weighted by Gasteiger charge is 2.31. The van der Waals surface area contributed by atoms with E-state index < -0.39 is 41.3 Å². The number of carboxylic acid groups (broad SMARTS) is 1. The van der Waals surface area contributed by atoms with Crippen LogP contribution in [0.3, 0.4) is 0 Å². The zero-order chi connectivity index (χ0) is 13.2. The van der Waals surface area contributed by atoms with Crippen molar-refractivity contribution in [1.29, 1.82) is 0 Å². The molecule has 1 N–H and O–H groups in total. The van der Waals surface area contributed by atoms with Gasteiger partial charge in [-0.2, -0.15) is 13.2 Å². The molecule has 0 spiro atoms. The SMILES string of the molecule is O=C(O)C(=O)Cc1cc(C(F)(F)F)ccc1F. The van der Waals surface area contributed by atoms with Crippen LogP contribution in [0.1, 0.15) is 11.1 Å². The van der Waals surface area contributed by atoms with Gasteiger partial charge in [-0.15, -0.1) is 0 Å². The van der Waals surface area contributed by atoms with Gasteiger partial charge in [0.1, 0.15) is 5.82 Å². The lowest BCUT2D eigenvalue weighted by Crippen LogP contribution is -2.16. The maximum absolute atomic E-state index is 13.1. The molecule has 1 rings (SSSR count). The highest BCUT2D eigenvalue weighted by atomic mass is 19.4. The summed E-state index contributed by atoms with van der Waals surface area (Å²) in [6.45, 7) is 0. The normalized spacial score (nSPS) is 11.3. The van der Waals surface area contributed by atoms with Gasteiger partial charge in [0.25, 0.3) is 0 Å². The van der Waals surface area contributed by atoms with Crippen molar-refractivity contribution in [2.24, 2.45) is 0 Å². The molecule has 0 radical (unpaired) electrons. The average molecular weight is 250 g/mol. The molecule has 0 bridgehead atoms. The summed E-state index contributed by atoms with van der Waals surface area (Å²) in [6, 6.07) is 1.49. The Morgan fingerprint density at radius 2 is 1.82 bits per heavy atom. The molecule has 1 aromatic carbocycles. The third kappa shape index (κ3) is 3.27. The number of hydrogen-bond acceptors (Lipinski definition) is 2. The summed E-state index contributed by atoms with van der Waals surface area (Å²) in [5.74, 6) is -4.24. The second-order valence-corrected chi connectivity index (χ2v) is 3.21. The number of alkyl halides is 3. The summed E-state index contributed by atoms with van der Waals surface area (Å²) in [5.41, 5.74) is -1.72. The van der Waals surface area contributed by atoms with Crippen LogP contribution in [0.15, 0.2) is 18.2 Å². The average Bonchev–Trinajstić information content (AvgIpc) is 2.19. The molecule has 17 heavy (non-hydrogen) atoms. The van der Waals surface area contributed by atoms with Crippen LogP contribution < -0.4 is 0 Å². The minimum atomic E-state index is -4.67. The standard InChI is InChI=1S/C10H6F4O3/c11-7-2-1-6(10(12,13)14)3-5(7)4-8(15)9(16)17/h1-3H,4H2,(H,16,17). The molecule has 0 aromatic heterocycles. The Kier molecular flexibility index (Phi) is 3.50. The summed E-state index contributed by atoms with van der Waals surface area (Å²) in [5, 5.41) is 8.27. The van der Waals surface area contributed by atoms with E-state index in [-0.39, 0.29) is 0 Å². The second kappa shape index (κ2) is 4.52. The highest BCUT2D eigenvalue weighted by molar-refractivity contribution is 6.33. The van der Waals surface area contributed by atoms with Crippen molar-refractivity contribution in [3.05, 3.63) is 35.1 Å². The van der Waals surface area contributed by atoms with Crippen molar-refractivity contribution < 1.29 is 32.3 Å². The van der Waals surface area contributed by atoms with Crippen LogP contribution in [-0.2, 0) is 22.2 Å². The van der Waals surface area contributed by atoms with Gasteiger partial charge < -0.3 is 5.11 Å². The van der Waals surface area contributed by atoms with E-state index >= 15 is 0 Å². The van der Waals surface area contributed by atoms with Gasteiger partial charge in [-0.25, -0.2) is 9.18 Å². The lowest BCUT2D eigenvalue weighted by atomic mass is 10.0. The Labute approximate surface area is 92.7 Å². The van der Waals surface area contributed by atoms with E-state index in [0.717, 1.165) is 0 Å². The number of carbonyl (C=O) groups excluding carboxylic acids is 1. The summed E-state index contributed by atoms with van der Waals surface area (Å²) >= 11 is 0. The number of rotatable bonds is 3. The fraction of sp³-hybridized carbons (Fsp3) is 0.200. The molecular weight excluding hydrogens is 244 g/mol. The Bertz CT molecular complexity index is 465. The zero-order valence-electron chi connectivity index (χ0n) is 8.21. The second-order valence-electron chi connectivity index (χ2n) is 3.21. The smallest absolute Gasteiger partial charge is 0.416 e. The quantitative estimate of drug-likeness (QED) is 0.659. The zero-order valence-corrected chi connectivity index (χ0v) is 8.21. The topological polar surface area (TPSA) is 54.4 Å². The van der Waals surface area contributed by atoms with Gasteiger partial charge in [0, 0.05) is 6.42 Å². The van der Waals surface area contributed by atoms with Crippen molar-refractivity contribution in [2.75, 3.05) is 0 Å². The number of benzene rings is 1. The summed E-state index contributed by atoms with van der Waals surface area (Å²) in [7, 11) is 0. The van der Waals surface area contributed by atoms with Gasteiger partial charge >= 0.3 is 12.1 Å². The largest absolute Gasteiger partial charge is 0.475 e. The summed E-state index contributed by atoms with van der Waals surface area (Å²) in [6.07, 6.45) is -5.58. The van der Waals surface area contributed by atoms with Gasteiger partial charge in [-0.05, 0) is 23.8 Å². The van der Waals surface area contributed by atoms with E-state index in [1.807, 2.05) is 0 Å². The van der Waals surface area contributed by atoms with Crippen molar-refractivity contribution in [3.63, 3.8) is 0 Å². The molecule has 7 heteroatoms. The third-order valence-electron chi connectivity index (χ3n) is 1.96. The van der Waals surface area contributed by atoms with E-state index in [0.29, 0.717) is 18.2 Å². The number of halogens is 4. The Balaban J connectivity index is 3.07. The number of Topliss-reactive ketones (excluding diaryl/α,β-unsaturated/α-hetero) is 1. The van der Waals surface area contributed by atoms with Crippen LogP contribution in [0.2, 0.25) is 0 Å². The number of ketones is 1. The Morgan fingerprint density at radius 3 is 2.29 bits per heavy atom. The van der Waals surface area contributed by atoms with Crippen molar-refractivity contribution in [3.8, 4) is 0 Å².